The predicted molar refractivity (Wildman–Crippen MR) is 84.0 cm³/mol. The third-order valence-corrected chi connectivity index (χ3v) is 4.51. The second kappa shape index (κ2) is 6.52. The summed E-state index contributed by atoms with van der Waals surface area (Å²) in [6.45, 7) is 5.63. The highest BCUT2D eigenvalue weighted by molar-refractivity contribution is 5.88. The molecule has 23 heavy (non-hydrogen) atoms. The molecule has 3 rings (SSSR count). The molecule has 0 unspecified atom stereocenters. The molecule has 3 heterocycles. The minimum absolute atomic E-state index is 0.114. The van der Waals surface area contributed by atoms with E-state index in [1.807, 2.05) is 17.9 Å². The molecule has 2 saturated heterocycles. The Hall–Kier alpha value is -2.18. The molecule has 0 aromatic carbocycles. The molecular weight excluding hydrogens is 296 g/mol. The lowest BCUT2D eigenvalue weighted by Crippen LogP contribution is -2.37. The standard InChI is InChI=1S/C16H22N4O3/c1-11-9-20(16(22)23-11)15-8-14(17-10-18-15)7-13-3-5-19(6-4-13)12(2)21/h8,10-11,13H,3-7,9H2,1-2H3/t11-/m0/s1. The van der Waals surface area contributed by atoms with Gasteiger partial charge in [-0.1, -0.05) is 0 Å². The first-order chi connectivity index (χ1) is 11.0. The number of hydrogen-bond acceptors (Lipinski definition) is 5. The average molecular weight is 318 g/mol. The second-order valence-corrected chi connectivity index (χ2v) is 6.33. The Morgan fingerprint density at radius 2 is 2.09 bits per heavy atom. The first-order valence-electron chi connectivity index (χ1n) is 8.07. The Morgan fingerprint density at radius 3 is 2.70 bits per heavy atom. The number of carbonyl (C=O) groups is 2. The van der Waals surface area contributed by atoms with Gasteiger partial charge in [0, 0.05) is 31.8 Å². The molecule has 0 aliphatic carbocycles. The third kappa shape index (κ3) is 3.60. The number of aromatic nitrogens is 2. The summed E-state index contributed by atoms with van der Waals surface area (Å²) in [4.78, 5) is 35.1. The molecular formula is C16H22N4O3. The molecule has 2 amide bonds. The molecule has 2 aliphatic heterocycles. The van der Waals surface area contributed by atoms with E-state index < -0.39 is 0 Å². The minimum Gasteiger partial charge on any atom is -0.444 e. The summed E-state index contributed by atoms with van der Waals surface area (Å²) in [6.07, 6.45) is 3.86. The van der Waals surface area contributed by atoms with Crippen LogP contribution in [0.5, 0.6) is 0 Å². The molecule has 124 valence electrons. The van der Waals surface area contributed by atoms with Gasteiger partial charge >= 0.3 is 6.09 Å². The van der Waals surface area contributed by atoms with Crippen molar-refractivity contribution in [1.82, 2.24) is 14.9 Å². The maximum Gasteiger partial charge on any atom is 0.415 e. The molecule has 0 radical (unpaired) electrons. The number of cyclic esters (lactones) is 1. The van der Waals surface area contributed by atoms with Gasteiger partial charge in [-0.25, -0.2) is 14.8 Å². The van der Waals surface area contributed by atoms with Crippen LogP contribution in [0.15, 0.2) is 12.4 Å². The summed E-state index contributed by atoms with van der Waals surface area (Å²) in [5.41, 5.74) is 0.934. The molecule has 7 nitrogen and oxygen atoms in total. The summed E-state index contributed by atoms with van der Waals surface area (Å²) in [5, 5.41) is 0. The van der Waals surface area contributed by atoms with Gasteiger partial charge in [0.05, 0.1) is 6.54 Å². The van der Waals surface area contributed by atoms with Gasteiger partial charge in [-0.3, -0.25) is 9.69 Å². The zero-order valence-electron chi connectivity index (χ0n) is 13.6. The van der Waals surface area contributed by atoms with E-state index in [1.165, 1.54) is 6.33 Å². The lowest BCUT2D eigenvalue weighted by atomic mass is 9.92. The smallest absolute Gasteiger partial charge is 0.415 e. The highest BCUT2D eigenvalue weighted by atomic mass is 16.6. The van der Waals surface area contributed by atoms with Crippen molar-refractivity contribution < 1.29 is 14.3 Å². The first-order valence-corrected chi connectivity index (χ1v) is 8.07. The quantitative estimate of drug-likeness (QED) is 0.846. The fraction of sp³-hybridized carbons (Fsp3) is 0.625. The summed E-state index contributed by atoms with van der Waals surface area (Å²) in [6, 6.07) is 1.87. The SMILES string of the molecule is CC(=O)N1CCC(Cc2cc(N3C[C@H](C)OC3=O)ncn2)CC1. The van der Waals surface area contributed by atoms with Crippen LogP contribution in [-0.2, 0) is 16.0 Å². The lowest BCUT2D eigenvalue weighted by molar-refractivity contribution is -0.130. The van der Waals surface area contributed by atoms with Crippen molar-refractivity contribution >= 4 is 17.8 Å². The van der Waals surface area contributed by atoms with Gasteiger partial charge in [0.25, 0.3) is 0 Å². The zero-order valence-corrected chi connectivity index (χ0v) is 13.6. The molecule has 0 spiro atoms. The van der Waals surface area contributed by atoms with Crippen LogP contribution in [0.3, 0.4) is 0 Å². The van der Waals surface area contributed by atoms with Crippen molar-refractivity contribution in [3.05, 3.63) is 18.1 Å². The first kappa shape index (κ1) is 15.7. The molecule has 7 heteroatoms. The van der Waals surface area contributed by atoms with Gasteiger partial charge in [0.2, 0.25) is 5.91 Å². The third-order valence-electron chi connectivity index (χ3n) is 4.51. The number of hydrogen-bond donors (Lipinski definition) is 0. The van der Waals surface area contributed by atoms with Crippen LogP contribution >= 0.6 is 0 Å². The van der Waals surface area contributed by atoms with Crippen LogP contribution in [0.25, 0.3) is 0 Å². The van der Waals surface area contributed by atoms with E-state index >= 15 is 0 Å². The van der Waals surface area contributed by atoms with Gasteiger partial charge in [-0.2, -0.15) is 0 Å². The second-order valence-electron chi connectivity index (χ2n) is 6.33. The van der Waals surface area contributed by atoms with Crippen molar-refractivity contribution in [2.75, 3.05) is 24.5 Å². The van der Waals surface area contributed by atoms with Gasteiger partial charge in [-0.15, -0.1) is 0 Å². The minimum atomic E-state index is -0.350. The monoisotopic (exact) mass is 318 g/mol. The van der Waals surface area contributed by atoms with Gasteiger partial charge < -0.3 is 9.64 Å². The summed E-state index contributed by atoms with van der Waals surface area (Å²) >= 11 is 0. The summed E-state index contributed by atoms with van der Waals surface area (Å²) in [7, 11) is 0. The number of piperidine rings is 1. The Labute approximate surface area is 135 Å². The predicted octanol–water partition coefficient (Wildman–Crippen LogP) is 1.62. The van der Waals surface area contributed by atoms with E-state index in [9.17, 15) is 9.59 Å². The molecule has 0 saturated carbocycles. The van der Waals surface area contributed by atoms with Gasteiger partial charge in [0.15, 0.2) is 0 Å². The molecule has 0 N–H and O–H groups in total. The van der Waals surface area contributed by atoms with Crippen molar-refractivity contribution in [1.29, 1.82) is 0 Å². The van der Waals surface area contributed by atoms with Crippen molar-refractivity contribution in [2.24, 2.45) is 5.92 Å². The fourth-order valence-electron chi connectivity index (χ4n) is 3.18. The van der Waals surface area contributed by atoms with Crippen LogP contribution in [0.2, 0.25) is 0 Å². The van der Waals surface area contributed by atoms with E-state index in [1.54, 1.807) is 11.8 Å². The maximum atomic E-state index is 11.8. The number of amides is 2. The molecule has 2 aliphatic rings. The number of anilines is 1. The number of nitrogens with zero attached hydrogens (tertiary/aromatic N) is 4. The van der Waals surface area contributed by atoms with E-state index in [0.717, 1.165) is 38.0 Å². The summed E-state index contributed by atoms with van der Waals surface area (Å²) in [5.74, 6) is 1.26. The Kier molecular flexibility index (Phi) is 4.45. The normalized spacial score (nSPS) is 22.3. The van der Waals surface area contributed by atoms with Gasteiger partial charge in [0.1, 0.15) is 18.2 Å². The van der Waals surface area contributed by atoms with Gasteiger partial charge in [-0.05, 0) is 32.1 Å². The highest BCUT2D eigenvalue weighted by Crippen LogP contribution is 2.24. The Bertz CT molecular complexity index is 599. The maximum absolute atomic E-state index is 11.8. The summed E-state index contributed by atoms with van der Waals surface area (Å²) < 4.78 is 5.14. The van der Waals surface area contributed by atoms with E-state index in [0.29, 0.717) is 18.3 Å². The zero-order chi connectivity index (χ0) is 16.4. The van der Waals surface area contributed by atoms with Crippen molar-refractivity contribution in [3.8, 4) is 0 Å². The number of ether oxygens (including phenoxy) is 1. The van der Waals surface area contributed by atoms with E-state index in [4.69, 9.17) is 4.74 Å². The number of rotatable bonds is 3. The Morgan fingerprint density at radius 1 is 1.35 bits per heavy atom. The Balaban J connectivity index is 1.62. The number of carbonyl (C=O) groups excluding carboxylic acids is 2. The van der Waals surface area contributed by atoms with Crippen LogP contribution in [0.4, 0.5) is 10.6 Å². The van der Waals surface area contributed by atoms with Crippen molar-refractivity contribution in [2.45, 2.75) is 39.2 Å². The molecule has 0 bridgehead atoms. The van der Waals surface area contributed by atoms with Crippen molar-refractivity contribution in [3.63, 3.8) is 0 Å². The number of likely N-dealkylation sites (tertiary alicyclic amines) is 1. The van der Waals surface area contributed by atoms with Crippen LogP contribution in [-0.4, -0.2) is 52.6 Å². The lowest BCUT2D eigenvalue weighted by Gasteiger charge is -2.31. The average Bonchev–Trinajstić information content (AvgIpc) is 2.87. The van der Waals surface area contributed by atoms with E-state index in [-0.39, 0.29) is 18.1 Å². The molecule has 1 aromatic heterocycles. The highest BCUT2D eigenvalue weighted by Gasteiger charge is 2.30. The van der Waals surface area contributed by atoms with Crippen LogP contribution < -0.4 is 4.90 Å². The van der Waals surface area contributed by atoms with Crippen LogP contribution in [0, 0.1) is 5.92 Å². The van der Waals surface area contributed by atoms with Crippen LogP contribution in [0.1, 0.15) is 32.4 Å². The topological polar surface area (TPSA) is 75.6 Å². The van der Waals surface area contributed by atoms with E-state index in [2.05, 4.69) is 9.97 Å². The molecule has 1 aromatic rings. The molecule has 1 atom stereocenters. The largest absolute Gasteiger partial charge is 0.444 e. The fourth-order valence-corrected chi connectivity index (χ4v) is 3.18. The molecule has 2 fully saturated rings.